The van der Waals surface area contributed by atoms with Crippen molar-refractivity contribution in [3.63, 3.8) is 0 Å². The molecule has 0 aliphatic heterocycles. The summed E-state index contributed by atoms with van der Waals surface area (Å²) in [5.41, 5.74) is 1.38. The zero-order valence-corrected chi connectivity index (χ0v) is 13.9. The lowest BCUT2D eigenvalue weighted by Crippen LogP contribution is -2.49. The third-order valence-corrected chi connectivity index (χ3v) is 3.70. The quantitative estimate of drug-likeness (QED) is 0.395. The van der Waals surface area contributed by atoms with Gasteiger partial charge in [-0.25, -0.2) is 9.78 Å². The van der Waals surface area contributed by atoms with Gasteiger partial charge in [0.1, 0.15) is 12.1 Å². The summed E-state index contributed by atoms with van der Waals surface area (Å²) in [6.07, 6.45) is 3.15. The van der Waals surface area contributed by atoms with Crippen molar-refractivity contribution in [2.24, 2.45) is 0 Å². The highest BCUT2D eigenvalue weighted by molar-refractivity contribution is 5.85. The molecule has 0 radical (unpaired) electrons. The number of carbonyl (C=O) groups is 3. The van der Waals surface area contributed by atoms with Crippen LogP contribution >= 0.6 is 0 Å². The number of nitrogens with zero attached hydrogens (tertiary/aromatic N) is 1. The number of aliphatic carboxylic acids is 2. The molecule has 0 bridgehead atoms. The van der Waals surface area contributed by atoms with Crippen LogP contribution in [0.2, 0.25) is 0 Å². The van der Waals surface area contributed by atoms with Crippen LogP contribution in [0.15, 0.2) is 42.9 Å². The molecule has 138 valence electrons. The van der Waals surface area contributed by atoms with Crippen LogP contribution in [-0.4, -0.2) is 56.7 Å². The number of nitrogens with one attached hydrogen (secondary N) is 3. The summed E-state index contributed by atoms with van der Waals surface area (Å²) in [6, 6.07) is 6.92. The van der Waals surface area contributed by atoms with Gasteiger partial charge in [-0.05, 0) is 12.0 Å². The Hall–Kier alpha value is -3.20. The Balaban J connectivity index is 1.88. The van der Waals surface area contributed by atoms with Crippen LogP contribution in [0.3, 0.4) is 0 Å². The number of H-pyrrole nitrogens is 1. The van der Waals surface area contributed by atoms with Crippen molar-refractivity contribution in [2.45, 2.75) is 24.9 Å². The first-order valence-corrected chi connectivity index (χ1v) is 7.95. The lowest BCUT2D eigenvalue weighted by atomic mass is 10.1. The Morgan fingerprint density at radius 2 is 1.73 bits per heavy atom. The summed E-state index contributed by atoms with van der Waals surface area (Å²) in [5, 5.41) is 23.5. The minimum Gasteiger partial charge on any atom is -0.480 e. The van der Waals surface area contributed by atoms with Crippen LogP contribution in [0.1, 0.15) is 11.3 Å². The number of imidazole rings is 1. The number of hydrogen-bond acceptors (Lipinski definition) is 5. The third-order valence-electron chi connectivity index (χ3n) is 3.70. The standard InChI is InChI=1S/C17H20N4O5/c22-15(21-14(17(25)26)7-12-8-18-10-20-12)9-19-13(16(23)24)6-11-4-2-1-3-5-11/h1-5,8,10,13-14,19H,6-7,9H2,(H,18,20)(H,21,22)(H,23,24)(H,25,26)/t13?,14-/m0/s1. The molecular formula is C17H20N4O5. The largest absolute Gasteiger partial charge is 0.480 e. The fraction of sp³-hybridized carbons (Fsp3) is 0.294. The summed E-state index contributed by atoms with van der Waals surface area (Å²) < 4.78 is 0. The topological polar surface area (TPSA) is 144 Å². The molecule has 0 fully saturated rings. The second-order valence-electron chi connectivity index (χ2n) is 5.70. The van der Waals surface area contributed by atoms with Gasteiger partial charge in [-0.1, -0.05) is 30.3 Å². The second-order valence-corrected chi connectivity index (χ2v) is 5.70. The van der Waals surface area contributed by atoms with Crippen LogP contribution in [0, 0.1) is 0 Å². The van der Waals surface area contributed by atoms with E-state index < -0.39 is 29.9 Å². The maximum Gasteiger partial charge on any atom is 0.326 e. The number of hydrogen-bond donors (Lipinski definition) is 5. The van der Waals surface area contributed by atoms with E-state index in [-0.39, 0.29) is 19.4 Å². The summed E-state index contributed by atoms with van der Waals surface area (Å²) >= 11 is 0. The van der Waals surface area contributed by atoms with E-state index in [0.717, 1.165) is 5.56 Å². The number of carbonyl (C=O) groups excluding carboxylic acids is 1. The van der Waals surface area contributed by atoms with Gasteiger partial charge >= 0.3 is 11.9 Å². The van der Waals surface area contributed by atoms with Crippen molar-refractivity contribution >= 4 is 17.8 Å². The highest BCUT2D eigenvalue weighted by atomic mass is 16.4. The molecular weight excluding hydrogens is 340 g/mol. The average molecular weight is 360 g/mol. The number of aromatic amines is 1. The first-order valence-electron chi connectivity index (χ1n) is 7.95. The number of carboxylic acids is 2. The number of carboxylic acid groups (broad SMARTS) is 2. The fourth-order valence-electron chi connectivity index (χ4n) is 2.37. The highest BCUT2D eigenvalue weighted by Gasteiger charge is 2.23. The molecule has 2 atom stereocenters. The normalized spacial score (nSPS) is 12.9. The first kappa shape index (κ1) is 19.1. The minimum absolute atomic E-state index is 0.0491. The zero-order chi connectivity index (χ0) is 18.9. The summed E-state index contributed by atoms with van der Waals surface area (Å²) in [4.78, 5) is 41.2. The minimum atomic E-state index is -1.19. The van der Waals surface area contributed by atoms with Crippen molar-refractivity contribution in [2.75, 3.05) is 6.54 Å². The number of benzene rings is 1. The lowest BCUT2D eigenvalue weighted by Gasteiger charge is -2.17. The Morgan fingerprint density at radius 3 is 2.31 bits per heavy atom. The molecule has 9 heteroatoms. The summed E-state index contributed by atoms with van der Waals surface area (Å²) in [7, 11) is 0. The molecule has 0 spiro atoms. The number of amides is 1. The van der Waals surface area contributed by atoms with Gasteiger partial charge in [0.25, 0.3) is 0 Å². The van der Waals surface area contributed by atoms with Gasteiger partial charge in [0.05, 0.1) is 12.9 Å². The predicted octanol–water partition coefficient (Wildman–Crippen LogP) is -0.193. The van der Waals surface area contributed by atoms with Crippen molar-refractivity contribution in [1.82, 2.24) is 20.6 Å². The molecule has 1 unspecified atom stereocenters. The van der Waals surface area contributed by atoms with Gasteiger partial charge < -0.3 is 20.5 Å². The van der Waals surface area contributed by atoms with E-state index >= 15 is 0 Å². The number of aromatic nitrogens is 2. The van der Waals surface area contributed by atoms with Crippen LogP contribution < -0.4 is 10.6 Å². The van der Waals surface area contributed by atoms with Crippen molar-refractivity contribution in [3.8, 4) is 0 Å². The molecule has 2 rings (SSSR count). The van der Waals surface area contributed by atoms with Gasteiger partial charge in [-0.2, -0.15) is 0 Å². The SMILES string of the molecule is O=C(CNC(Cc1ccccc1)C(=O)O)N[C@@H](Cc1cnc[nH]1)C(=O)O. The van der Waals surface area contributed by atoms with Crippen LogP contribution in [-0.2, 0) is 27.2 Å². The molecule has 0 aliphatic rings. The third kappa shape index (κ3) is 6.02. The van der Waals surface area contributed by atoms with Gasteiger partial charge in [-0.15, -0.1) is 0 Å². The van der Waals surface area contributed by atoms with Crippen molar-refractivity contribution in [3.05, 3.63) is 54.1 Å². The number of rotatable bonds is 10. The molecule has 2 aromatic rings. The van der Waals surface area contributed by atoms with Gasteiger partial charge in [0.15, 0.2) is 0 Å². The van der Waals surface area contributed by atoms with Crippen LogP contribution in [0.5, 0.6) is 0 Å². The molecule has 1 aromatic carbocycles. The Bertz CT molecular complexity index is 733. The molecule has 0 saturated carbocycles. The summed E-state index contributed by atoms with van der Waals surface area (Å²) in [6.45, 7) is -0.309. The first-order chi connectivity index (χ1) is 12.5. The van der Waals surface area contributed by atoms with Crippen LogP contribution in [0.25, 0.3) is 0 Å². The lowest BCUT2D eigenvalue weighted by molar-refractivity contribution is -0.142. The molecule has 5 N–H and O–H groups in total. The Labute approximate surface area is 149 Å². The predicted molar refractivity (Wildman–Crippen MR) is 91.4 cm³/mol. The van der Waals surface area contributed by atoms with Crippen molar-refractivity contribution in [1.29, 1.82) is 0 Å². The van der Waals surface area contributed by atoms with Crippen LogP contribution in [0.4, 0.5) is 0 Å². The average Bonchev–Trinajstić information content (AvgIpc) is 3.11. The molecule has 26 heavy (non-hydrogen) atoms. The molecule has 1 heterocycles. The molecule has 0 saturated heterocycles. The highest BCUT2D eigenvalue weighted by Crippen LogP contribution is 2.03. The van der Waals surface area contributed by atoms with Gasteiger partial charge in [-0.3, -0.25) is 14.9 Å². The van der Waals surface area contributed by atoms with E-state index in [1.807, 2.05) is 6.07 Å². The summed E-state index contributed by atoms with van der Waals surface area (Å²) in [5.74, 6) is -2.88. The van der Waals surface area contributed by atoms with Gasteiger partial charge in [0.2, 0.25) is 5.91 Å². The van der Waals surface area contributed by atoms with E-state index in [0.29, 0.717) is 5.69 Å². The van der Waals surface area contributed by atoms with E-state index in [1.54, 1.807) is 24.3 Å². The van der Waals surface area contributed by atoms with E-state index in [1.165, 1.54) is 12.5 Å². The smallest absolute Gasteiger partial charge is 0.326 e. The molecule has 9 nitrogen and oxygen atoms in total. The van der Waals surface area contributed by atoms with Crippen molar-refractivity contribution < 1.29 is 24.6 Å². The van der Waals surface area contributed by atoms with E-state index in [9.17, 15) is 24.6 Å². The zero-order valence-electron chi connectivity index (χ0n) is 13.9. The Morgan fingerprint density at radius 1 is 1.04 bits per heavy atom. The maximum atomic E-state index is 12.0. The fourth-order valence-corrected chi connectivity index (χ4v) is 2.37. The Kier molecular flexibility index (Phi) is 6.86. The maximum absolute atomic E-state index is 12.0. The molecule has 1 amide bonds. The van der Waals surface area contributed by atoms with E-state index in [4.69, 9.17) is 0 Å². The van der Waals surface area contributed by atoms with E-state index in [2.05, 4.69) is 20.6 Å². The van der Waals surface area contributed by atoms with Gasteiger partial charge in [0, 0.05) is 18.3 Å². The second kappa shape index (κ2) is 9.33. The molecule has 1 aromatic heterocycles. The molecule has 0 aliphatic carbocycles. The monoisotopic (exact) mass is 360 g/mol.